The first-order chi connectivity index (χ1) is 9.78. The highest BCUT2D eigenvalue weighted by Crippen LogP contribution is 2.14. The van der Waals surface area contributed by atoms with Crippen LogP contribution in [0.5, 0.6) is 5.75 Å². The van der Waals surface area contributed by atoms with Gasteiger partial charge in [-0.05, 0) is 42.5 Å². The van der Waals surface area contributed by atoms with E-state index in [1.165, 1.54) is 0 Å². The van der Waals surface area contributed by atoms with Crippen molar-refractivity contribution in [2.24, 2.45) is 5.10 Å². The summed E-state index contributed by atoms with van der Waals surface area (Å²) in [6, 6.07) is 11.2. The van der Waals surface area contributed by atoms with Crippen LogP contribution in [0.3, 0.4) is 0 Å². The number of ether oxygens (including phenoxy) is 1. The average molecular weight is 286 g/mol. The topological polar surface area (TPSA) is 58.5 Å². The molecule has 0 saturated heterocycles. The molecule has 5 nitrogen and oxygen atoms in total. The van der Waals surface area contributed by atoms with Gasteiger partial charge in [0.1, 0.15) is 5.75 Å². The Morgan fingerprint density at radius 2 is 2.10 bits per heavy atom. The van der Waals surface area contributed by atoms with Crippen LogP contribution in [0.25, 0.3) is 0 Å². The largest absolute Gasteiger partial charge is 0.497 e. The van der Waals surface area contributed by atoms with Crippen LogP contribution in [-0.4, -0.2) is 23.4 Å². The molecule has 2 aromatic rings. The van der Waals surface area contributed by atoms with Crippen LogP contribution in [0.2, 0.25) is 0 Å². The molecule has 1 aromatic carbocycles. The van der Waals surface area contributed by atoms with Gasteiger partial charge in [0.2, 0.25) is 0 Å². The lowest BCUT2D eigenvalue weighted by Gasteiger charge is -2.07. The number of benzene rings is 1. The minimum absolute atomic E-state index is 0.412. The van der Waals surface area contributed by atoms with Gasteiger partial charge in [-0.3, -0.25) is 10.4 Å². The maximum absolute atomic E-state index is 5.13. The number of rotatable bonds is 4. The molecule has 0 unspecified atom stereocenters. The van der Waals surface area contributed by atoms with Gasteiger partial charge in [-0.15, -0.1) is 0 Å². The minimum Gasteiger partial charge on any atom is -0.497 e. The van der Waals surface area contributed by atoms with Crippen LogP contribution in [0.4, 0.5) is 5.69 Å². The maximum atomic E-state index is 5.13. The molecule has 0 aliphatic carbocycles. The summed E-state index contributed by atoms with van der Waals surface area (Å²) in [6.07, 6.45) is 5.07. The molecule has 0 aliphatic rings. The Bertz CT molecular complexity index is 584. The first kappa shape index (κ1) is 14.0. The summed E-state index contributed by atoms with van der Waals surface area (Å²) in [5.41, 5.74) is 4.50. The monoisotopic (exact) mass is 286 g/mol. The van der Waals surface area contributed by atoms with Crippen molar-refractivity contribution in [3.05, 3.63) is 54.4 Å². The molecule has 0 saturated carbocycles. The van der Waals surface area contributed by atoms with Gasteiger partial charge < -0.3 is 10.1 Å². The highest BCUT2D eigenvalue weighted by atomic mass is 32.1. The van der Waals surface area contributed by atoms with Gasteiger partial charge in [0.05, 0.1) is 13.3 Å². The number of nitrogens with one attached hydrogen (secondary N) is 2. The van der Waals surface area contributed by atoms with Gasteiger partial charge >= 0.3 is 0 Å². The van der Waals surface area contributed by atoms with E-state index in [1.54, 1.807) is 25.7 Å². The molecule has 102 valence electrons. The van der Waals surface area contributed by atoms with Crippen LogP contribution < -0.4 is 15.5 Å². The minimum atomic E-state index is 0.412. The molecule has 6 heteroatoms. The standard InChI is InChI=1S/C14H14N4OS/c1-19-13-6-4-12(5-7-13)17-14(20)18-16-10-11-3-2-8-15-9-11/h2-10H,1H3,(H2,17,18,20). The number of nitrogens with zero attached hydrogens (tertiary/aromatic N) is 2. The van der Waals surface area contributed by atoms with Gasteiger partial charge in [0.15, 0.2) is 5.11 Å². The summed E-state index contributed by atoms with van der Waals surface area (Å²) in [6.45, 7) is 0. The van der Waals surface area contributed by atoms with Gasteiger partial charge in [0, 0.05) is 23.6 Å². The van der Waals surface area contributed by atoms with Crippen LogP contribution in [0.15, 0.2) is 53.9 Å². The van der Waals surface area contributed by atoms with Crippen molar-refractivity contribution in [3.8, 4) is 5.75 Å². The van der Waals surface area contributed by atoms with E-state index in [-0.39, 0.29) is 0 Å². The van der Waals surface area contributed by atoms with E-state index < -0.39 is 0 Å². The summed E-state index contributed by atoms with van der Waals surface area (Å²) < 4.78 is 5.08. The zero-order valence-corrected chi connectivity index (χ0v) is 11.7. The summed E-state index contributed by atoms with van der Waals surface area (Å²) in [5.74, 6) is 0.795. The third kappa shape index (κ3) is 4.33. The molecule has 2 N–H and O–H groups in total. The van der Waals surface area contributed by atoms with E-state index in [4.69, 9.17) is 17.0 Å². The van der Waals surface area contributed by atoms with Crippen molar-refractivity contribution in [2.75, 3.05) is 12.4 Å². The molecule has 0 amide bonds. The summed E-state index contributed by atoms with van der Waals surface area (Å²) in [7, 11) is 1.63. The normalized spacial score (nSPS) is 10.2. The summed E-state index contributed by atoms with van der Waals surface area (Å²) in [5, 5.41) is 7.46. The van der Waals surface area contributed by atoms with Gasteiger partial charge in [0.25, 0.3) is 0 Å². The van der Waals surface area contributed by atoms with Crippen molar-refractivity contribution in [2.45, 2.75) is 0 Å². The third-order valence-electron chi connectivity index (χ3n) is 2.41. The molecule has 0 atom stereocenters. The predicted molar refractivity (Wildman–Crippen MR) is 84.2 cm³/mol. The van der Waals surface area contributed by atoms with E-state index in [0.29, 0.717) is 5.11 Å². The fraction of sp³-hybridized carbons (Fsp3) is 0.0714. The molecule has 0 radical (unpaired) electrons. The molecule has 20 heavy (non-hydrogen) atoms. The molecular weight excluding hydrogens is 272 g/mol. The summed E-state index contributed by atoms with van der Waals surface area (Å²) in [4.78, 5) is 3.99. The lowest BCUT2D eigenvalue weighted by Crippen LogP contribution is -2.23. The molecular formula is C14H14N4OS. The van der Waals surface area contributed by atoms with Crippen LogP contribution in [-0.2, 0) is 0 Å². The highest BCUT2D eigenvalue weighted by molar-refractivity contribution is 7.80. The first-order valence-corrected chi connectivity index (χ1v) is 6.33. The lowest BCUT2D eigenvalue weighted by atomic mass is 10.3. The average Bonchev–Trinajstić information content (AvgIpc) is 2.49. The number of thiocarbonyl (C=S) groups is 1. The van der Waals surface area contributed by atoms with Gasteiger partial charge in [-0.2, -0.15) is 5.10 Å². The van der Waals surface area contributed by atoms with Crippen LogP contribution in [0, 0.1) is 0 Å². The van der Waals surface area contributed by atoms with E-state index in [0.717, 1.165) is 17.0 Å². The quantitative estimate of drug-likeness (QED) is 0.513. The van der Waals surface area contributed by atoms with Gasteiger partial charge in [-0.25, -0.2) is 0 Å². The number of methoxy groups -OCH3 is 1. The second-order valence-corrected chi connectivity index (χ2v) is 4.25. The molecule has 1 heterocycles. The van der Waals surface area contributed by atoms with E-state index in [2.05, 4.69) is 20.8 Å². The fourth-order valence-electron chi connectivity index (χ4n) is 1.45. The van der Waals surface area contributed by atoms with Crippen molar-refractivity contribution in [3.63, 3.8) is 0 Å². The van der Waals surface area contributed by atoms with Gasteiger partial charge in [-0.1, -0.05) is 6.07 Å². The Morgan fingerprint density at radius 3 is 2.75 bits per heavy atom. The molecule has 0 bridgehead atoms. The van der Waals surface area contributed by atoms with Crippen molar-refractivity contribution < 1.29 is 4.74 Å². The number of hydrazone groups is 1. The van der Waals surface area contributed by atoms with E-state index in [9.17, 15) is 0 Å². The number of pyridine rings is 1. The number of hydrogen-bond acceptors (Lipinski definition) is 4. The second kappa shape index (κ2) is 7.20. The Balaban J connectivity index is 1.84. The van der Waals surface area contributed by atoms with Crippen LogP contribution in [0.1, 0.15) is 5.56 Å². The number of anilines is 1. The summed E-state index contributed by atoms with van der Waals surface area (Å²) >= 11 is 5.13. The Labute approximate surface area is 122 Å². The number of aromatic nitrogens is 1. The van der Waals surface area contributed by atoms with E-state index >= 15 is 0 Å². The molecule has 1 aromatic heterocycles. The fourth-order valence-corrected chi connectivity index (χ4v) is 1.62. The van der Waals surface area contributed by atoms with Crippen molar-refractivity contribution in [1.82, 2.24) is 10.4 Å². The second-order valence-electron chi connectivity index (χ2n) is 3.84. The highest BCUT2D eigenvalue weighted by Gasteiger charge is 1.96. The Kier molecular flexibility index (Phi) is 5.02. The predicted octanol–water partition coefficient (Wildman–Crippen LogP) is 2.41. The van der Waals surface area contributed by atoms with Crippen LogP contribution >= 0.6 is 12.2 Å². The molecule has 2 rings (SSSR count). The lowest BCUT2D eigenvalue weighted by molar-refractivity contribution is 0.415. The SMILES string of the molecule is COc1ccc(NC(=S)NN=Cc2cccnc2)cc1. The zero-order chi connectivity index (χ0) is 14.2. The smallest absolute Gasteiger partial charge is 0.191 e. The zero-order valence-electron chi connectivity index (χ0n) is 10.9. The van der Waals surface area contributed by atoms with Crippen molar-refractivity contribution >= 4 is 29.2 Å². The third-order valence-corrected chi connectivity index (χ3v) is 2.61. The van der Waals surface area contributed by atoms with Crippen molar-refractivity contribution in [1.29, 1.82) is 0 Å². The molecule has 0 aliphatic heterocycles. The molecule has 0 spiro atoms. The Hall–Kier alpha value is -2.47. The first-order valence-electron chi connectivity index (χ1n) is 5.92. The maximum Gasteiger partial charge on any atom is 0.191 e. The Morgan fingerprint density at radius 1 is 1.30 bits per heavy atom. The molecule has 0 fully saturated rings. The number of hydrogen-bond donors (Lipinski definition) is 2. The van der Waals surface area contributed by atoms with E-state index in [1.807, 2.05) is 36.4 Å².